The SMILES string of the molecule is CCc1cccc(NC(=O)C2CN(C(=O)c3cc(F)cc(-c4ccncc4)c3)CC(F)(F)C2)c1.O=C(Nc1cccc(OC(F)(F)F)c1)C1CN(C(=O)c2cc(F)cc(-c3ccncc3)c2)CC(F)(F)C1. The molecule has 4 amide bonds. The molecular formula is C51H43F9N6O5. The van der Waals surface area contributed by atoms with Crippen LogP contribution in [-0.2, 0) is 16.0 Å². The summed E-state index contributed by atoms with van der Waals surface area (Å²) in [6.07, 6.45) is 0.279. The molecule has 2 aromatic heterocycles. The zero-order chi connectivity index (χ0) is 51.1. The van der Waals surface area contributed by atoms with Crippen LogP contribution in [0.4, 0.5) is 50.9 Å². The zero-order valence-electron chi connectivity index (χ0n) is 37.5. The minimum atomic E-state index is -4.96. The first-order chi connectivity index (χ1) is 33.6. The van der Waals surface area contributed by atoms with E-state index in [0.717, 1.165) is 46.0 Å². The number of nitrogens with zero attached hydrogens (tertiary/aromatic N) is 4. The van der Waals surface area contributed by atoms with E-state index < -0.39 is 104 Å². The molecule has 2 aliphatic rings. The highest BCUT2D eigenvalue weighted by atomic mass is 19.4. The minimum Gasteiger partial charge on any atom is -0.406 e. The Morgan fingerprint density at radius 1 is 0.606 bits per heavy atom. The number of benzene rings is 4. The highest BCUT2D eigenvalue weighted by molar-refractivity contribution is 5.98. The number of piperidine rings is 2. The van der Waals surface area contributed by atoms with Crippen LogP contribution >= 0.6 is 0 Å². The molecule has 6 aromatic rings. The number of hydrogen-bond donors (Lipinski definition) is 2. The number of hydrogen-bond acceptors (Lipinski definition) is 7. The van der Waals surface area contributed by atoms with Gasteiger partial charge in [0.25, 0.3) is 23.7 Å². The Kier molecular flexibility index (Phi) is 15.5. The maximum Gasteiger partial charge on any atom is 0.573 e. The molecule has 2 saturated heterocycles. The standard InChI is InChI=1S/C26H24F3N3O2.C25H19F6N3O3/c1-2-17-4-3-5-23(10-17)31-24(33)21-14-26(28,29)16-32(15-21)25(34)20-11-19(12-22(27)13-20)18-6-8-30-9-7-18;26-19-9-16(15-4-6-32-7-5-15)8-17(10-19)23(36)34-13-18(12-24(27,28)14-34)22(35)33-20-2-1-3-21(11-20)37-25(29,30)31/h3-13,21H,2,14-16H2,1H3,(H,31,33);1-11,18H,12-14H2,(H,33,35). The first-order valence-electron chi connectivity index (χ1n) is 22.0. The Labute approximate surface area is 400 Å². The monoisotopic (exact) mass is 990 g/mol. The summed E-state index contributed by atoms with van der Waals surface area (Å²) in [4.78, 5) is 61.2. The van der Waals surface area contributed by atoms with Gasteiger partial charge in [-0.1, -0.05) is 25.1 Å². The second-order valence-corrected chi connectivity index (χ2v) is 16.9. The van der Waals surface area contributed by atoms with Crippen LogP contribution in [0.1, 0.15) is 46.0 Å². The van der Waals surface area contributed by atoms with Crippen LogP contribution < -0.4 is 15.4 Å². The molecule has 8 rings (SSSR count). The van der Waals surface area contributed by atoms with Crippen molar-refractivity contribution in [2.75, 3.05) is 36.8 Å². The number of aryl methyl sites for hydroxylation is 1. The van der Waals surface area contributed by atoms with Crippen molar-refractivity contribution in [1.82, 2.24) is 19.8 Å². The molecule has 2 unspecified atom stereocenters. The number of carbonyl (C=O) groups excluding carboxylic acids is 4. The highest BCUT2D eigenvalue weighted by Gasteiger charge is 2.46. The zero-order valence-corrected chi connectivity index (χ0v) is 37.5. The summed E-state index contributed by atoms with van der Waals surface area (Å²) in [5.41, 5.74) is 3.14. The molecule has 4 aromatic carbocycles. The molecule has 2 atom stereocenters. The van der Waals surface area contributed by atoms with E-state index in [1.165, 1.54) is 61.2 Å². The highest BCUT2D eigenvalue weighted by Crippen LogP contribution is 2.35. The number of aromatic nitrogens is 2. The van der Waals surface area contributed by atoms with E-state index >= 15 is 0 Å². The predicted octanol–water partition coefficient (Wildman–Crippen LogP) is 10.7. The molecule has 2 aliphatic heterocycles. The van der Waals surface area contributed by atoms with Crippen molar-refractivity contribution in [3.8, 4) is 28.0 Å². The van der Waals surface area contributed by atoms with Crippen LogP contribution in [0.2, 0.25) is 0 Å². The van der Waals surface area contributed by atoms with Gasteiger partial charge in [0.15, 0.2) is 0 Å². The van der Waals surface area contributed by atoms with Crippen molar-refractivity contribution in [2.45, 2.75) is 44.4 Å². The number of likely N-dealkylation sites (tertiary alicyclic amines) is 2. The minimum absolute atomic E-state index is 0.0562. The molecule has 370 valence electrons. The predicted molar refractivity (Wildman–Crippen MR) is 243 cm³/mol. The summed E-state index contributed by atoms with van der Waals surface area (Å²) in [6.45, 7) is -0.429. The first-order valence-corrected chi connectivity index (χ1v) is 22.0. The van der Waals surface area contributed by atoms with E-state index in [2.05, 4.69) is 25.3 Å². The molecule has 0 radical (unpaired) electrons. The lowest BCUT2D eigenvalue weighted by molar-refractivity contribution is -0.274. The van der Waals surface area contributed by atoms with Gasteiger partial charge < -0.3 is 25.2 Å². The molecule has 71 heavy (non-hydrogen) atoms. The number of ether oxygens (including phenoxy) is 1. The number of nitrogens with one attached hydrogen (secondary N) is 2. The second kappa shape index (κ2) is 21.5. The lowest BCUT2D eigenvalue weighted by atomic mass is 9.93. The van der Waals surface area contributed by atoms with Crippen molar-refractivity contribution in [3.05, 3.63) is 162 Å². The van der Waals surface area contributed by atoms with Gasteiger partial charge in [0, 0.05) is 79.3 Å². The molecule has 0 aliphatic carbocycles. The van der Waals surface area contributed by atoms with Gasteiger partial charge in [0.05, 0.1) is 24.9 Å². The lowest BCUT2D eigenvalue weighted by Crippen LogP contribution is -2.52. The number of rotatable bonds is 10. The Morgan fingerprint density at radius 3 is 1.48 bits per heavy atom. The van der Waals surface area contributed by atoms with Gasteiger partial charge in [-0.05, 0) is 119 Å². The van der Waals surface area contributed by atoms with Crippen molar-refractivity contribution < 1.29 is 63.4 Å². The molecule has 0 saturated carbocycles. The summed E-state index contributed by atoms with van der Waals surface area (Å²) in [5, 5.41) is 4.98. The number of halogens is 9. The Morgan fingerprint density at radius 2 is 1.04 bits per heavy atom. The average molecular weight is 991 g/mol. The maximum absolute atomic E-state index is 14.6. The second-order valence-electron chi connectivity index (χ2n) is 16.9. The lowest BCUT2D eigenvalue weighted by Gasteiger charge is -2.37. The van der Waals surface area contributed by atoms with Crippen molar-refractivity contribution in [1.29, 1.82) is 0 Å². The van der Waals surface area contributed by atoms with Crippen LogP contribution in [0, 0.1) is 23.5 Å². The topological polar surface area (TPSA) is 134 Å². The molecule has 0 spiro atoms. The van der Waals surface area contributed by atoms with E-state index in [9.17, 15) is 58.7 Å². The summed E-state index contributed by atoms with van der Waals surface area (Å²) in [5.74, 6) is -14.3. The van der Waals surface area contributed by atoms with Gasteiger partial charge in [0.2, 0.25) is 11.8 Å². The number of pyridine rings is 2. The van der Waals surface area contributed by atoms with Crippen LogP contribution in [0.25, 0.3) is 22.3 Å². The van der Waals surface area contributed by atoms with E-state index in [0.29, 0.717) is 27.9 Å². The van der Waals surface area contributed by atoms with Gasteiger partial charge in [0.1, 0.15) is 17.4 Å². The Balaban J connectivity index is 0.000000209. The van der Waals surface area contributed by atoms with Crippen LogP contribution in [0.5, 0.6) is 5.75 Å². The quantitative estimate of drug-likeness (QED) is 0.131. The van der Waals surface area contributed by atoms with E-state index in [-0.39, 0.29) is 23.4 Å². The summed E-state index contributed by atoms with van der Waals surface area (Å²) in [6, 6.07) is 25.2. The molecule has 2 fully saturated rings. The normalized spacial score (nSPS) is 17.3. The Bertz CT molecular complexity index is 2890. The number of amides is 4. The maximum atomic E-state index is 14.6. The summed E-state index contributed by atoms with van der Waals surface area (Å²) < 4.78 is 128. The smallest absolute Gasteiger partial charge is 0.406 e. The fourth-order valence-corrected chi connectivity index (χ4v) is 8.20. The summed E-state index contributed by atoms with van der Waals surface area (Å²) in [7, 11) is 0. The van der Waals surface area contributed by atoms with Crippen LogP contribution in [-0.4, -0.2) is 87.8 Å². The fourth-order valence-electron chi connectivity index (χ4n) is 8.20. The first kappa shape index (κ1) is 51.1. The van der Waals surface area contributed by atoms with Crippen molar-refractivity contribution in [3.63, 3.8) is 0 Å². The Hall–Kier alpha value is -7.77. The van der Waals surface area contributed by atoms with E-state index in [1.807, 2.05) is 13.0 Å². The number of anilines is 2. The van der Waals surface area contributed by atoms with Gasteiger partial charge in [-0.2, -0.15) is 0 Å². The third kappa shape index (κ3) is 13.9. The summed E-state index contributed by atoms with van der Waals surface area (Å²) >= 11 is 0. The van der Waals surface area contributed by atoms with Crippen molar-refractivity contribution >= 4 is 35.0 Å². The van der Waals surface area contributed by atoms with Gasteiger partial charge >= 0.3 is 6.36 Å². The fraction of sp³-hybridized carbons (Fsp3) is 0.255. The van der Waals surface area contributed by atoms with Gasteiger partial charge in [-0.25, -0.2) is 26.3 Å². The van der Waals surface area contributed by atoms with E-state index in [1.54, 1.807) is 42.5 Å². The third-order valence-electron chi connectivity index (χ3n) is 11.4. The molecule has 2 N–H and O–H groups in total. The molecule has 20 heteroatoms. The third-order valence-corrected chi connectivity index (χ3v) is 11.4. The average Bonchev–Trinajstić information content (AvgIpc) is 3.32. The molecular weight excluding hydrogens is 948 g/mol. The van der Waals surface area contributed by atoms with Crippen LogP contribution in [0.15, 0.2) is 134 Å². The number of carbonyl (C=O) groups is 4. The van der Waals surface area contributed by atoms with Gasteiger partial charge in [-0.3, -0.25) is 29.1 Å². The van der Waals surface area contributed by atoms with Gasteiger partial charge in [-0.15, -0.1) is 13.2 Å². The molecule has 0 bridgehead atoms. The number of alkyl halides is 7. The van der Waals surface area contributed by atoms with Crippen molar-refractivity contribution in [2.24, 2.45) is 11.8 Å². The largest absolute Gasteiger partial charge is 0.573 e. The molecule has 4 heterocycles. The van der Waals surface area contributed by atoms with E-state index in [4.69, 9.17) is 0 Å². The van der Waals surface area contributed by atoms with Crippen LogP contribution in [0.3, 0.4) is 0 Å². The molecule has 11 nitrogen and oxygen atoms in total.